The smallest absolute Gasteiger partial charge is 0.410 e. The van der Waals surface area contributed by atoms with Crippen LogP contribution in [0.5, 0.6) is 0 Å². The minimum Gasteiger partial charge on any atom is -0.444 e. The molecule has 2 aromatic carbocycles. The van der Waals surface area contributed by atoms with E-state index in [4.69, 9.17) is 4.74 Å². The number of likely N-dealkylation sites (tertiary alicyclic amines) is 1. The van der Waals surface area contributed by atoms with Gasteiger partial charge in [-0.05, 0) is 69.4 Å². The third-order valence-corrected chi connectivity index (χ3v) is 7.93. The Hall–Kier alpha value is -2.45. The molecule has 33 heavy (non-hydrogen) atoms. The van der Waals surface area contributed by atoms with E-state index in [1.807, 2.05) is 39.0 Å². The van der Waals surface area contributed by atoms with Crippen LogP contribution in [0, 0.1) is 0 Å². The van der Waals surface area contributed by atoms with Gasteiger partial charge in [0, 0.05) is 29.1 Å². The minimum atomic E-state index is -3.67. The maximum absolute atomic E-state index is 13.1. The van der Waals surface area contributed by atoms with Crippen LogP contribution >= 0.6 is 15.9 Å². The highest BCUT2D eigenvalue weighted by Crippen LogP contribution is 2.34. The van der Waals surface area contributed by atoms with E-state index in [0.29, 0.717) is 17.6 Å². The summed E-state index contributed by atoms with van der Waals surface area (Å²) >= 11 is 3.34. The Morgan fingerprint density at radius 2 is 1.76 bits per heavy atom. The average Bonchev–Trinajstić information content (AvgIpc) is 2.77. The molecule has 0 atom stereocenters. The van der Waals surface area contributed by atoms with Crippen LogP contribution in [0.15, 0.2) is 69.0 Å². The third kappa shape index (κ3) is 5.22. The first kappa shape index (κ1) is 23.7. The first-order valence-corrected chi connectivity index (χ1v) is 13.2. The van der Waals surface area contributed by atoms with Crippen LogP contribution in [0.2, 0.25) is 0 Å². The van der Waals surface area contributed by atoms with Crippen LogP contribution in [0.1, 0.15) is 45.1 Å². The number of fused-ring (bicyclic) bond motifs is 1. The number of pyridine rings is 1. The molecule has 0 aliphatic carbocycles. The summed E-state index contributed by atoms with van der Waals surface area (Å²) in [6, 6.07) is 14.2. The molecule has 4 rings (SSSR count). The molecule has 1 aliphatic heterocycles. The molecule has 1 amide bonds. The molecule has 1 fully saturated rings. The maximum Gasteiger partial charge on any atom is 0.410 e. The quantitative estimate of drug-likeness (QED) is 0.418. The molecule has 1 aromatic heterocycles. The van der Waals surface area contributed by atoms with Crippen molar-refractivity contribution in [2.75, 3.05) is 13.1 Å². The van der Waals surface area contributed by atoms with E-state index in [2.05, 4.69) is 20.9 Å². The molecule has 1 aliphatic rings. The second-order valence-electron chi connectivity index (χ2n) is 9.29. The molecule has 0 radical (unpaired) electrons. The molecule has 8 heteroatoms. The molecule has 0 saturated carbocycles. The van der Waals surface area contributed by atoms with Gasteiger partial charge >= 0.3 is 6.09 Å². The Balaban J connectivity index is 1.57. The van der Waals surface area contributed by atoms with E-state index in [1.165, 1.54) is 6.20 Å². The minimum absolute atomic E-state index is 0.171. The first-order chi connectivity index (χ1) is 15.5. The molecule has 2 heterocycles. The standard InChI is InChI=1S/C25H27BrN2O4S/c1-25(2,3)32-24(29)28-12-10-17(11-13-28)22-9-4-6-18-14-21(16-27-23(18)22)33(30,31)20-8-5-7-19(26)15-20/h4-9,14-17H,10-13H2,1-3H3. The summed E-state index contributed by atoms with van der Waals surface area (Å²) < 4.78 is 32.4. The van der Waals surface area contributed by atoms with E-state index in [9.17, 15) is 13.2 Å². The SMILES string of the molecule is CC(C)(C)OC(=O)N1CCC(c2cccc3cc(S(=O)(=O)c4cccc(Br)c4)cnc23)CC1. The van der Waals surface area contributed by atoms with Gasteiger partial charge in [-0.1, -0.05) is 40.2 Å². The Morgan fingerprint density at radius 1 is 1.06 bits per heavy atom. The predicted molar refractivity (Wildman–Crippen MR) is 131 cm³/mol. The highest BCUT2D eigenvalue weighted by molar-refractivity contribution is 9.10. The topological polar surface area (TPSA) is 76.6 Å². The highest BCUT2D eigenvalue weighted by atomic mass is 79.9. The molecule has 1 saturated heterocycles. The number of carbonyl (C=O) groups is 1. The van der Waals surface area contributed by atoms with Gasteiger partial charge in [-0.3, -0.25) is 4.98 Å². The first-order valence-electron chi connectivity index (χ1n) is 10.9. The summed E-state index contributed by atoms with van der Waals surface area (Å²) in [6.07, 6.45) is 2.77. The van der Waals surface area contributed by atoms with Crippen molar-refractivity contribution in [3.8, 4) is 0 Å². The van der Waals surface area contributed by atoms with E-state index in [1.54, 1.807) is 35.2 Å². The van der Waals surface area contributed by atoms with Gasteiger partial charge in [0.2, 0.25) is 9.84 Å². The summed E-state index contributed by atoms with van der Waals surface area (Å²) in [7, 11) is -3.67. The molecule has 0 bridgehead atoms. The zero-order valence-corrected chi connectivity index (χ0v) is 21.3. The van der Waals surface area contributed by atoms with Crippen molar-refractivity contribution in [3.05, 3.63) is 64.8 Å². The molecular formula is C25H27BrN2O4S. The van der Waals surface area contributed by atoms with E-state index >= 15 is 0 Å². The molecular weight excluding hydrogens is 504 g/mol. The van der Waals surface area contributed by atoms with Gasteiger partial charge in [-0.2, -0.15) is 0 Å². The highest BCUT2D eigenvalue weighted by Gasteiger charge is 2.28. The number of sulfone groups is 1. The number of rotatable bonds is 3. The molecule has 3 aromatic rings. The number of nitrogens with zero attached hydrogens (tertiary/aromatic N) is 2. The molecule has 174 valence electrons. The number of amides is 1. The van der Waals surface area contributed by atoms with E-state index in [0.717, 1.165) is 29.3 Å². The summed E-state index contributed by atoms with van der Waals surface area (Å²) in [4.78, 5) is 19.1. The number of aromatic nitrogens is 1. The molecule has 0 N–H and O–H groups in total. The van der Waals surface area contributed by atoms with Crippen LogP contribution in [-0.2, 0) is 14.6 Å². The zero-order valence-electron chi connectivity index (χ0n) is 18.9. The van der Waals surface area contributed by atoms with E-state index < -0.39 is 15.4 Å². The van der Waals surface area contributed by atoms with Gasteiger partial charge < -0.3 is 9.64 Å². The van der Waals surface area contributed by atoms with Crippen LogP contribution < -0.4 is 0 Å². The second-order valence-corrected chi connectivity index (χ2v) is 12.2. The van der Waals surface area contributed by atoms with Gasteiger partial charge in [0.05, 0.1) is 15.3 Å². The van der Waals surface area contributed by atoms with Gasteiger partial charge in [0.25, 0.3) is 0 Å². The van der Waals surface area contributed by atoms with Gasteiger partial charge in [0.1, 0.15) is 5.60 Å². The van der Waals surface area contributed by atoms with Gasteiger partial charge in [-0.15, -0.1) is 0 Å². The van der Waals surface area contributed by atoms with Crippen LogP contribution in [0.25, 0.3) is 10.9 Å². The van der Waals surface area contributed by atoms with Crippen molar-refractivity contribution in [1.82, 2.24) is 9.88 Å². The van der Waals surface area contributed by atoms with Crippen molar-refractivity contribution in [2.24, 2.45) is 0 Å². The Morgan fingerprint density at radius 3 is 2.42 bits per heavy atom. The largest absolute Gasteiger partial charge is 0.444 e. The Kier molecular flexibility index (Phi) is 6.51. The normalized spacial score (nSPS) is 15.6. The fourth-order valence-corrected chi connectivity index (χ4v) is 5.95. The van der Waals surface area contributed by atoms with Crippen LogP contribution in [0.4, 0.5) is 4.79 Å². The fourth-order valence-electron chi connectivity index (χ4n) is 4.11. The summed E-state index contributed by atoms with van der Waals surface area (Å²) in [5, 5.41) is 0.790. The number of ether oxygens (including phenoxy) is 1. The average molecular weight is 531 g/mol. The van der Waals surface area contributed by atoms with Gasteiger partial charge in [-0.25, -0.2) is 13.2 Å². The van der Waals surface area contributed by atoms with Crippen molar-refractivity contribution in [1.29, 1.82) is 0 Å². The van der Waals surface area contributed by atoms with Crippen molar-refractivity contribution in [2.45, 2.75) is 54.9 Å². The maximum atomic E-state index is 13.1. The van der Waals surface area contributed by atoms with Crippen molar-refractivity contribution in [3.63, 3.8) is 0 Å². The predicted octanol–water partition coefficient (Wildman–Crippen LogP) is 5.94. The number of carbonyl (C=O) groups excluding carboxylic acids is 1. The van der Waals surface area contributed by atoms with Crippen LogP contribution in [-0.4, -0.2) is 43.1 Å². The summed E-state index contributed by atoms with van der Waals surface area (Å²) in [5.41, 5.74) is 1.38. The third-order valence-electron chi connectivity index (χ3n) is 5.72. The number of benzene rings is 2. The zero-order chi connectivity index (χ0) is 23.8. The number of hydrogen-bond acceptors (Lipinski definition) is 5. The lowest BCUT2D eigenvalue weighted by Crippen LogP contribution is -2.41. The van der Waals surface area contributed by atoms with Gasteiger partial charge in [0.15, 0.2) is 0 Å². The van der Waals surface area contributed by atoms with Crippen molar-refractivity contribution >= 4 is 42.8 Å². The Labute approximate surface area is 203 Å². The molecule has 0 spiro atoms. The number of piperidine rings is 1. The summed E-state index contributed by atoms with van der Waals surface area (Å²) in [5.74, 6) is 0.243. The lowest BCUT2D eigenvalue weighted by molar-refractivity contribution is 0.0205. The number of halogens is 1. The van der Waals surface area contributed by atoms with Crippen LogP contribution in [0.3, 0.4) is 0 Å². The van der Waals surface area contributed by atoms with Crippen molar-refractivity contribution < 1.29 is 17.9 Å². The Bertz CT molecular complexity index is 1290. The number of para-hydroxylation sites is 1. The lowest BCUT2D eigenvalue weighted by atomic mass is 9.88. The monoisotopic (exact) mass is 530 g/mol. The molecule has 0 unspecified atom stereocenters. The summed E-state index contributed by atoms with van der Waals surface area (Å²) in [6.45, 7) is 6.83. The lowest BCUT2D eigenvalue weighted by Gasteiger charge is -2.33. The fraction of sp³-hybridized carbons (Fsp3) is 0.360. The molecule has 6 nitrogen and oxygen atoms in total. The number of hydrogen-bond donors (Lipinski definition) is 0. The van der Waals surface area contributed by atoms with E-state index in [-0.39, 0.29) is 21.8 Å². The second kappa shape index (κ2) is 9.06.